The zero-order chi connectivity index (χ0) is 11.3. The Labute approximate surface area is 88.9 Å². The van der Waals surface area contributed by atoms with Gasteiger partial charge in [0.1, 0.15) is 5.69 Å². The fourth-order valence-electron chi connectivity index (χ4n) is 1.09. The maximum atomic E-state index is 11.8. The van der Waals surface area contributed by atoms with E-state index in [0.29, 0.717) is 24.5 Å². The van der Waals surface area contributed by atoms with E-state index in [4.69, 9.17) is 10.5 Å². The number of likely N-dealkylation sites (N-methyl/N-ethyl adjacent to an activating group) is 1. The number of pyridine rings is 1. The van der Waals surface area contributed by atoms with Crippen LogP contribution in [0.15, 0.2) is 18.3 Å². The highest BCUT2D eigenvalue weighted by Crippen LogP contribution is 2.05. The number of hydrogen-bond donors (Lipinski definition) is 1. The lowest BCUT2D eigenvalue weighted by Crippen LogP contribution is -2.30. The largest absolute Gasteiger partial charge is 0.399 e. The summed E-state index contributed by atoms with van der Waals surface area (Å²) < 4.78 is 4.88. The molecule has 0 radical (unpaired) electrons. The summed E-state index contributed by atoms with van der Waals surface area (Å²) in [5.74, 6) is -0.153. The number of aromatic nitrogens is 1. The van der Waals surface area contributed by atoms with E-state index < -0.39 is 0 Å². The van der Waals surface area contributed by atoms with Crippen molar-refractivity contribution in [3.05, 3.63) is 24.0 Å². The third kappa shape index (κ3) is 3.21. The van der Waals surface area contributed by atoms with Crippen LogP contribution in [0.5, 0.6) is 0 Å². The van der Waals surface area contributed by atoms with Gasteiger partial charge in [-0.2, -0.15) is 0 Å². The fraction of sp³-hybridized carbons (Fsp3) is 0.400. The van der Waals surface area contributed by atoms with Crippen molar-refractivity contribution < 1.29 is 9.53 Å². The molecule has 0 aliphatic carbocycles. The Morgan fingerprint density at radius 1 is 1.67 bits per heavy atom. The SMILES string of the molecule is COCCN(C)C(=O)c1cc(N)ccn1. The van der Waals surface area contributed by atoms with E-state index in [1.165, 1.54) is 6.20 Å². The molecule has 0 aromatic carbocycles. The predicted molar refractivity (Wildman–Crippen MR) is 57.5 cm³/mol. The highest BCUT2D eigenvalue weighted by molar-refractivity contribution is 5.92. The Morgan fingerprint density at radius 2 is 2.40 bits per heavy atom. The number of carbonyl (C=O) groups is 1. The molecular formula is C10H15N3O2. The summed E-state index contributed by atoms with van der Waals surface area (Å²) in [6, 6.07) is 3.21. The minimum absolute atomic E-state index is 0.153. The molecule has 0 atom stereocenters. The van der Waals surface area contributed by atoms with Crippen molar-refractivity contribution in [2.24, 2.45) is 0 Å². The first-order valence-electron chi connectivity index (χ1n) is 4.61. The summed E-state index contributed by atoms with van der Waals surface area (Å²) in [4.78, 5) is 17.3. The van der Waals surface area contributed by atoms with Crippen LogP contribution < -0.4 is 5.73 Å². The summed E-state index contributed by atoms with van der Waals surface area (Å²) >= 11 is 0. The fourth-order valence-corrected chi connectivity index (χ4v) is 1.09. The maximum absolute atomic E-state index is 11.8. The number of hydrogen-bond acceptors (Lipinski definition) is 4. The van der Waals surface area contributed by atoms with Crippen molar-refractivity contribution in [1.29, 1.82) is 0 Å². The highest BCUT2D eigenvalue weighted by Gasteiger charge is 2.12. The van der Waals surface area contributed by atoms with Gasteiger partial charge in [-0.05, 0) is 12.1 Å². The first kappa shape index (κ1) is 11.5. The molecule has 82 valence electrons. The number of carbonyl (C=O) groups excluding carboxylic acids is 1. The third-order valence-corrected chi connectivity index (χ3v) is 1.98. The molecule has 0 fully saturated rings. The molecule has 15 heavy (non-hydrogen) atoms. The Hall–Kier alpha value is -1.62. The molecule has 1 amide bonds. The maximum Gasteiger partial charge on any atom is 0.272 e. The summed E-state index contributed by atoms with van der Waals surface area (Å²) in [5.41, 5.74) is 6.45. The molecule has 0 saturated carbocycles. The number of rotatable bonds is 4. The van der Waals surface area contributed by atoms with Crippen LogP contribution in [-0.4, -0.2) is 43.1 Å². The van der Waals surface area contributed by atoms with E-state index in [-0.39, 0.29) is 5.91 Å². The van der Waals surface area contributed by atoms with E-state index in [9.17, 15) is 4.79 Å². The van der Waals surface area contributed by atoms with Gasteiger partial charge >= 0.3 is 0 Å². The summed E-state index contributed by atoms with van der Waals surface area (Å²) in [6.45, 7) is 1.04. The molecule has 5 heteroatoms. The molecule has 0 bridgehead atoms. The quantitative estimate of drug-likeness (QED) is 0.778. The molecule has 1 aromatic heterocycles. The second-order valence-corrected chi connectivity index (χ2v) is 3.19. The summed E-state index contributed by atoms with van der Waals surface area (Å²) in [5, 5.41) is 0. The van der Waals surface area contributed by atoms with Crippen LogP contribution in [0.25, 0.3) is 0 Å². The van der Waals surface area contributed by atoms with Gasteiger partial charge < -0.3 is 15.4 Å². The van der Waals surface area contributed by atoms with E-state index in [1.54, 1.807) is 31.2 Å². The molecule has 0 aliphatic heterocycles. The van der Waals surface area contributed by atoms with Crippen LogP contribution in [-0.2, 0) is 4.74 Å². The second kappa shape index (κ2) is 5.31. The molecule has 5 nitrogen and oxygen atoms in total. The molecule has 1 rings (SSSR count). The topological polar surface area (TPSA) is 68.5 Å². The molecule has 0 spiro atoms. The summed E-state index contributed by atoms with van der Waals surface area (Å²) in [7, 11) is 3.29. The number of methoxy groups -OCH3 is 1. The smallest absolute Gasteiger partial charge is 0.272 e. The van der Waals surface area contributed by atoms with Gasteiger partial charge in [0.05, 0.1) is 6.61 Å². The van der Waals surface area contributed by atoms with Crippen molar-refractivity contribution in [2.45, 2.75) is 0 Å². The third-order valence-electron chi connectivity index (χ3n) is 1.98. The molecular weight excluding hydrogens is 194 g/mol. The van der Waals surface area contributed by atoms with Gasteiger partial charge in [-0.25, -0.2) is 0 Å². The van der Waals surface area contributed by atoms with E-state index >= 15 is 0 Å². The van der Waals surface area contributed by atoms with Gasteiger partial charge in [0.15, 0.2) is 0 Å². The lowest BCUT2D eigenvalue weighted by Gasteiger charge is -2.15. The van der Waals surface area contributed by atoms with Gasteiger partial charge in [-0.15, -0.1) is 0 Å². The van der Waals surface area contributed by atoms with Crippen molar-refractivity contribution in [3.63, 3.8) is 0 Å². The molecule has 1 heterocycles. The van der Waals surface area contributed by atoms with Crippen molar-refractivity contribution in [3.8, 4) is 0 Å². The standard InChI is InChI=1S/C10H15N3O2/c1-13(5-6-15-2)10(14)9-7-8(11)3-4-12-9/h3-4,7H,5-6H2,1-2H3,(H2,11,12). The van der Waals surface area contributed by atoms with E-state index in [2.05, 4.69) is 4.98 Å². The number of ether oxygens (including phenoxy) is 1. The number of nitrogen functional groups attached to an aromatic ring is 1. The summed E-state index contributed by atoms with van der Waals surface area (Å²) in [6.07, 6.45) is 1.52. The van der Waals surface area contributed by atoms with Crippen LogP contribution in [0, 0.1) is 0 Å². The van der Waals surface area contributed by atoms with Crippen LogP contribution in [0.3, 0.4) is 0 Å². The monoisotopic (exact) mass is 209 g/mol. The van der Waals surface area contributed by atoms with Gasteiger partial charge in [-0.1, -0.05) is 0 Å². The van der Waals surface area contributed by atoms with E-state index in [0.717, 1.165) is 0 Å². The molecule has 0 unspecified atom stereocenters. The molecule has 2 N–H and O–H groups in total. The number of nitrogens with two attached hydrogens (primary N) is 1. The number of amides is 1. The van der Waals surface area contributed by atoms with Crippen LogP contribution in [0.1, 0.15) is 10.5 Å². The minimum atomic E-state index is -0.153. The highest BCUT2D eigenvalue weighted by atomic mass is 16.5. The first-order chi connectivity index (χ1) is 7.15. The number of nitrogens with zero attached hydrogens (tertiary/aromatic N) is 2. The Kier molecular flexibility index (Phi) is 4.05. The lowest BCUT2D eigenvalue weighted by atomic mass is 10.3. The average Bonchev–Trinajstić information content (AvgIpc) is 2.24. The van der Waals surface area contributed by atoms with Crippen molar-refractivity contribution in [1.82, 2.24) is 9.88 Å². The zero-order valence-electron chi connectivity index (χ0n) is 8.93. The normalized spacial score (nSPS) is 10.0. The van der Waals surface area contributed by atoms with E-state index in [1.807, 2.05) is 0 Å². The molecule has 0 saturated heterocycles. The minimum Gasteiger partial charge on any atom is -0.399 e. The zero-order valence-corrected chi connectivity index (χ0v) is 8.93. The molecule has 0 aliphatic rings. The lowest BCUT2D eigenvalue weighted by molar-refractivity contribution is 0.0738. The van der Waals surface area contributed by atoms with Crippen LogP contribution in [0.4, 0.5) is 5.69 Å². The predicted octanol–water partition coefficient (Wildman–Crippen LogP) is 0.382. The number of anilines is 1. The Balaban J connectivity index is 2.67. The Morgan fingerprint density at radius 3 is 3.00 bits per heavy atom. The van der Waals surface area contributed by atoms with Crippen LogP contribution >= 0.6 is 0 Å². The Bertz CT molecular complexity index is 341. The average molecular weight is 209 g/mol. The molecule has 1 aromatic rings. The van der Waals surface area contributed by atoms with Crippen LogP contribution in [0.2, 0.25) is 0 Å². The first-order valence-corrected chi connectivity index (χ1v) is 4.61. The van der Waals surface area contributed by atoms with Gasteiger partial charge in [0, 0.05) is 32.6 Å². The van der Waals surface area contributed by atoms with Crippen molar-refractivity contribution >= 4 is 11.6 Å². The van der Waals surface area contributed by atoms with Gasteiger partial charge in [0.25, 0.3) is 5.91 Å². The van der Waals surface area contributed by atoms with Gasteiger partial charge in [-0.3, -0.25) is 9.78 Å². The van der Waals surface area contributed by atoms with Crippen molar-refractivity contribution in [2.75, 3.05) is 33.0 Å². The second-order valence-electron chi connectivity index (χ2n) is 3.19. The van der Waals surface area contributed by atoms with Gasteiger partial charge in [0.2, 0.25) is 0 Å².